The number of carbonyl (C=O) groups is 1. The zero-order valence-corrected chi connectivity index (χ0v) is 13.8. The smallest absolute Gasteiger partial charge is 0.410 e. The molecule has 1 saturated heterocycles. The predicted octanol–water partition coefficient (Wildman–Crippen LogP) is 3.95. The van der Waals surface area contributed by atoms with E-state index >= 15 is 0 Å². The van der Waals surface area contributed by atoms with Gasteiger partial charge in [0.2, 0.25) is 0 Å². The van der Waals surface area contributed by atoms with Crippen LogP contribution in [0.1, 0.15) is 39.2 Å². The highest BCUT2D eigenvalue weighted by Crippen LogP contribution is 2.22. The van der Waals surface area contributed by atoms with Crippen molar-refractivity contribution in [3.05, 3.63) is 29.6 Å². The largest absolute Gasteiger partial charge is 0.444 e. The van der Waals surface area contributed by atoms with Crippen molar-refractivity contribution in [2.45, 2.75) is 52.2 Å². The van der Waals surface area contributed by atoms with Crippen LogP contribution in [0.5, 0.6) is 0 Å². The minimum absolute atomic E-state index is 0.0819. The van der Waals surface area contributed by atoms with Crippen LogP contribution in [0.4, 0.5) is 14.9 Å². The standard InChI is InChI=1S/C17H25FN2O2/c1-12-8-13(18)10-14(9-12)19-11-15-6-5-7-20(15)16(21)22-17(2,3)4/h8-10,15,19H,5-7,11H2,1-4H3. The van der Waals surface area contributed by atoms with Crippen LogP contribution in [0.2, 0.25) is 0 Å². The van der Waals surface area contributed by atoms with Crippen molar-refractivity contribution in [3.8, 4) is 0 Å². The molecule has 0 aromatic heterocycles. The lowest BCUT2D eigenvalue weighted by molar-refractivity contribution is 0.0235. The molecular weight excluding hydrogens is 283 g/mol. The molecule has 1 amide bonds. The predicted molar refractivity (Wildman–Crippen MR) is 85.6 cm³/mol. The first-order valence-corrected chi connectivity index (χ1v) is 7.75. The second kappa shape index (κ2) is 6.55. The SMILES string of the molecule is Cc1cc(F)cc(NCC2CCCN2C(=O)OC(C)(C)C)c1. The highest BCUT2D eigenvalue weighted by molar-refractivity contribution is 5.69. The number of carbonyl (C=O) groups excluding carboxylic acids is 1. The third-order valence-electron chi connectivity index (χ3n) is 3.59. The van der Waals surface area contributed by atoms with Crippen LogP contribution in [0.15, 0.2) is 18.2 Å². The van der Waals surface area contributed by atoms with Crippen molar-refractivity contribution in [1.29, 1.82) is 0 Å². The van der Waals surface area contributed by atoms with Crippen molar-refractivity contribution < 1.29 is 13.9 Å². The molecule has 5 heteroatoms. The Hall–Kier alpha value is -1.78. The van der Waals surface area contributed by atoms with Gasteiger partial charge in [0.25, 0.3) is 0 Å². The molecule has 1 N–H and O–H groups in total. The Morgan fingerprint density at radius 3 is 2.77 bits per heavy atom. The maximum Gasteiger partial charge on any atom is 0.410 e. The lowest BCUT2D eigenvalue weighted by atomic mass is 10.2. The number of halogens is 1. The zero-order chi connectivity index (χ0) is 16.3. The number of benzene rings is 1. The number of hydrogen-bond acceptors (Lipinski definition) is 3. The van der Waals surface area contributed by atoms with Crippen LogP contribution in [-0.2, 0) is 4.74 Å². The average Bonchev–Trinajstić information content (AvgIpc) is 2.81. The number of nitrogens with one attached hydrogen (secondary N) is 1. The van der Waals surface area contributed by atoms with E-state index in [-0.39, 0.29) is 18.0 Å². The number of ether oxygens (including phenoxy) is 1. The van der Waals surface area contributed by atoms with Gasteiger partial charge < -0.3 is 15.0 Å². The number of rotatable bonds is 3. The van der Waals surface area contributed by atoms with Crippen LogP contribution in [0.3, 0.4) is 0 Å². The molecule has 1 unspecified atom stereocenters. The van der Waals surface area contributed by atoms with Crippen LogP contribution in [0.25, 0.3) is 0 Å². The summed E-state index contributed by atoms with van der Waals surface area (Å²) in [7, 11) is 0. The highest BCUT2D eigenvalue weighted by atomic mass is 19.1. The third kappa shape index (κ3) is 4.61. The van der Waals surface area contributed by atoms with Gasteiger partial charge >= 0.3 is 6.09 Å². The van der Waals surface area contributed by atoms with Crippen molar-refractivity contribution in [2.24, 2.45) is 0 Å². The zero-order valence-electron chi connectivity index (χ0n) is 13.8. The van der Waals surface area contributed by atoms with Crippen molar-refractivity contribution >= 4 is 11.8 Å². The van der Waals surface area contributed by atoms with Crippen LogP contribution in [-0.4, -0.2) is 35.7 Å². The summed E-state index contributed by atoms with van der Waals surface area (Å²) in [6.07, 6.45) is 1.63. The number of likely N-dealkylation sites (tertiary alicyclic amines) is 1. The molecule has 0 radical (unpaired) electrons. The lowest BCUT2D eigenvalue weighted by Crippen LogP contribution is -2.42. The van der Waals surface area contributed by atoms with Gasteiger partial charge in [0.15, 0.2) is 0 Å². The van der Waals surface area contributed by atoms with Crippen LogP contribution < -0.4 is 5.32 Å². The Balaban J connectivity index is 1.95. The van der Waals surface area contributed by atoms with Crippen molar-refractivity contribution in [1.82, 2.24) is 4.90 Å². The summed E-state index contributed by atoms with van der Waals surface area (Å²) in [5, 5.41) is 3.23. The Bertz CT molecular complexity index is 520. The number of amides is 1. The molecule has 0 spiro atoms. The van der Waals surface area contributed by atoms with Gasteiger partial charge in [-0.3, -0.25) is 0 Å². The Morgan fingerprint density at radius 2 is 2.14 bits per heavy atom. The normalized spacial score (nSPS) is 18.4. The summed E-state index contributed by atoms with van der Waals surface area (Å²) >= 11 is 0. The molecule has 1 heterocycles. The summed E-state index contributed by atoms with van der Waals surface area (Å²) in [5.74, 6) is -0.252. The molecule has 2 rings (SSSR count). The summed E-state index contributed by atoms with van der Waals surface area (Å²) < 4.78 is 18.8. The first kappa shape index (κ1) is 16.6. The van der Waals surface area contributed by atoms with E-state index in [1.54, 1.807) is 4.90 Å². The van der Waals surface area contributed by atoms with Gasteiger partial charge in [-0.2, -0.15) is 0 Å². The minimum atomic E-state index is -0.489. The number of nitrogens with zero attached hydrogens (tertiary/aromatic N) is 1. The minimum Gasteiger partial charge on any atom is -0.444 e. The van der Waals surface area contributed by atoms with E-state index in [9.17, 15) is 9.18 Å². The van der Waals surface area contributed by atoms with E-state index in [1.165, 1.54) is 12.1 Å². The maximum absolute atomic E-state index is 13.4. The molecule has 1 atom stereocenters. The fraction of sp³-hybridized carbons (Fsp3) is 0.588. The molecule has 22 heavy (non-hydrogen) atoms. The Kier molecular flexibility index (Phi) is 4.94. The van der Waals surface area contributed by atoms with E-state index in [4.69, 9.17) is 4.74 Å². The molecule has 1 aromatic carbocycles. The Labute approximate surface area is 131 Å². The average molecular weight is 308 g/mol. The quantitative estimate of drug-likeness (QED) is 0.919. The molecule has 0 aliphatic carbocycles. The third-order valence-corrected chi connectivity index (χ3v) is 3.59. The van der Waals surface area contributed by atoms with Gasteiger partial charge in [-0.1, -0.05) is 0 Å². The van der Waals surface area contributed by atoms with Gasteiger partial charge in [-0.25, -0.2) is 9.18 Å². The summed E-state index contributed by atoms with van der Waals surface area (Å²) in [6, 6.07) is 4.95. The molecule has 4 nitrogen and oxygen atoms in total. The first-order chi connectivity index (χ1) is 10.2. The van der Waals surface area contributed by atoms with E-state index in [0.717, 1.165) is 24.1 Å². The maximum atomic E-state index is 13.4. The number of anilines is 1. The van der Waals surface area contributed by atoms with Crippen molar-refractivity contribution in [2.75, 3.05) is 18.4 Å². The fourth-order valence-electron chi connectivity index (χ4n) is 2.68. The second-order valence-corrected chi connectivity index (χ2v) is 6.87. The van der Waals surface area contributed by atoms with Crippen LogP contribution >= 0.6 is 0 Å². The topological polar surface area (TPSA) is 41.6 Å². The van der Waals surface area contributed by atoms with Gasteiger partial charge in [0, 0.05) is 18.8 Å². The second-order valence-electron chi connectivity index (χ2n) is 6.87. The van der Waals surface area contributed by atoms with E-state index < -0.39 is 5.60 Å². The van der Waals surface area contributed by atoms with E-state index in [0.29, 0.717) is 13.1 Å². The number of hydrogen-bond donors (Lipinski definition) is 1. The molecule has 1 aliphatic rings. The van der Waals surface area contributed by atoms with Crippen LogP contribution in [0, 0.1) is 12.7 Å². The number of aryl methyl sites for hydroxylation is 1. The first-order valence-electron chi connectivity index (χ1n) is 7.75. The fourth-order valence-corrected chi connectivity index (χ4v) is 2.68. The van der Waals surface area contributed by atoms with E-state index in [1.807, 2.05) is 33.8 Å². The molecule has 0 saturated carbocycles. The van der Waals surface area contributed by atoms with Gasteiger partial charge in [-0.05, 0) is 64.3 Å². The molecule has 1 aliphatic heterocycles. The molecular formula is C17H25FN2O2. The molecule has 122 valence electrons. The summed E-state index contributed by atoms with van der Waals surface area (Å²) in [5.41, 5.74) is 1.13. The molecule has 0 bridgehead atoms. The van der Waals surface area contributed by atoms with E-state index in [2.05, 4.69) is 5.32 Å². The summed E-state index contributed by atoms with van der Waals surface area (Å²) in [4.78, 5) is 14.0. The molecule has 1 aromatic rings. The lowest BCUT2D eigenvalue weighted by Gasteiger charge is -2.29. The monoisotopic (exact) mass is 308 g/mol. The van der Waals surface area contributed by atoms with Gasteiger partial charge in [-0.15, -0.1) is 0 Å². The summed E-state index contributed by atoms with van der Waals surface area (Å²) in [6.45, 7) is 8.76. The Morgan fingerprint density at radius 1 is 1.41 bits per heavy atom. The van der Waals surface area contributed by atoms with Gasteiger partial charge in [0.1, 0.15) is 11.4 Å². The highest BCUT2D eigenvalue weighted by Gasteiger charge is 2.31. The molecule has 1 fully saturated rings. The van der Waals surface area contributed by atoms with Crippen molar-refractivity contribution in [3.63, 3.8) is 0 Å². The van der Waals surface area contributed by atoms with Gasteiger partial charge in [0.05, 0.1) is 6.04 Å².